The fourth-order valence-corrected chi connectivity index (χ4v) is 2.89. The molecule has 0 saturated carbocycles. The Hall–Kier alpha value is -0.345. The summed E-state index contributed by atoms with van der Waals surface area (Å²) < 4.78 is 11.5. The summed E-state index contributed by atoms with van der Waals surface area (Å²) in [7, 11) is 6.06. The molecule has 0 bridgehead atoms. The summed E-state index contributed by atoms with van der Waals surface area (Å²) in [5.41, 5.74) is 0. The smallest absolute Gasteiger partial charge is 0.396 e. The Bertz CT molecular complexity index is 339. The molecular formula is C12H22BIN2O4. The van der Waals surface area contributed by atoms with E-state index in [0.29, 0.717) is 0 Å². The second-order valence-corrected chi connectivity index (χ2v) is 6.85. The maximum atomic E-state index is 12.2. The minimum absolute atomic E-state index is 0.120. The molecule has 0 aromatic rings. The van der Waals surface area contributed by atoms with Gasteiger partial charge in [-0.1, -0.05) is 35.9 Å². The first-order valence-electron chi connectivity index (χ1n) is 6.66. The molecule has 0 aromatic heterocycles. The van der Waals surface area contributed by atoms with Gasteiger partial charge in [0.1, 0.15) is 0 Å². The van der Waals surface area contributed by atoms with E-state index in [1.54, 1.807) is 28.2 Å². The normalized spacial score (nSPS) is 23.6. The van der Waals surface area contributed by atoms with Crippen LogP contribution < -0.4 is 0 Å². The first-order chi connectivity index (χ1) is 9.29. The lowest BCUT2D eigenvalue weighted by atomic mass is 9.83. The van der Waals surface area contributed by atoms with Gasteiger partial charge in [-0.3, -0.25) is 9.59 Å². The van der Waals surface area contributed by atoms with Gasteiger partial charge in [-0.2, -0.15) is 0 Å². The van der Waals surface area contributed by atoms with Crippen molar-refractivity contribution in [2.24, 2.45) is 0 Å². The zero-order valence-electron chi connectivity index (χ0n) is 12.6. The average molecular weight is 396 g/mol. The second-order valence-electron chi connectivity index (χ2n) is 5.25. The maximum absolute atomic E-state index is 12.2. The van der Waals surface area contributed by atoms with Crippen LogP contribution in [0.2, 0.25) is 0 Å². The summed E-state index contributed by atoms with van der Waals surface area (Å²) in [5, 5.41) is 0. The molecule has 1 heterocycles. The molecule has 0 aromatic carbocycles. The Balaban J connectivity index is 2.88. The molecule has 3 atom stereocenters. The van der Waals surface area contributed by atoms with Crippen molar-refractivity contribution in [1.82, 2.24) is 9.80 Å². The standard InChI is InChI=1S/C12H22BIN2O4/c1-6-7-8(14)13-19-9(11(17)15(2)3)10(20-13)12(18)16(4)5/h8-10H,6-7H2,1-5H3. The third kappa shape index (κ3) is 4.08. The molecule has 114 valence electrons. The Morgan fingerprint density at radius 1 is 1.10 bits per heavy atom. The van der Waals surface area contributed by atoms with Crippen LogP contribution in [-0.4, -0.2) is 73.0 Å². The van der Waals surface area contributed by atoms with Gasteiger partial charge in [0.15, 0.2) is 12.2 Å². The van der Waals surface area contributed by atoms with Crippen molar-refractivity contribution >= 4 is 41.5 Å². The van der Waals surface area contributed by atoms with Gasteiger partial charge >= 0.3 is 7.12 Å². The van der Waals surface area contributed by atoms with Gasteiger partial charge in [0.05, 0.1) is 0 Å². The van der Waals surface area contributed by atoms with Crippen LogP contribution in [0.4, 0.5) is 0 Å². The second kappa shape index (κ2) is 7.60. The number of rotatable bonds is 5. The molecular weight excluding hydrogens is 374 g/mol. The van der Waals surface area contributed by atoms with Crippen molar-refractivity contribution in [2.45, 2.75) is 35.8 Å². The van der Waals surface area contributed by atoms with Crippen LogP contribution in [-0.2, 0) is 18.9 Å². The predicted molar refractivity (Wildman–Crippen MR) is 85.6 cm³/mol. The van der Waals surface area contributed by atoms with E-state index in [1.165, 1.54) is 9.80 Å². The molecule has 1 aliphatic rings. The van der Waals surface area contributed by atoms with E-state index in [1.807, 2.05) is 0 Å². The molecule has 20 heavy (non-hydrogen) atoms. The quantitative estimate of drug-likeness (QED) is 0.388. The predicted octanol–water partition coefficient (Wildman–Crippen LogP) is 0.578. The Morgan fingerprint density at radius 3 is 1.80 bits per heavy atom. The van der Waals surface area contributed by atoms with Gasteiger partial charge in [-0.25, -0.2) is 0 Å². The van der Waals surface area contributed by atoms with Gasteiger partial charge < -0.3 is 19.1 Å². The van der Waals surface area contributed by atoms with Gasteiger partial charge in [0.25, 0.3) is 11.8 Å². The number of nitrogens with zero attached hydrogens (tertiary/aromatic N) is 2. The van der Waals surface area contributed by atoms with Crippen LogP contribution in [0.3, 0.4) is 0 Å². The van der Waals surface area contributed by atoms with Crippen LogP contribution in [0.25, 0.3) is 0 Å². The molecule has 0 aliphatic carbocycles. The van der Waals surface area contributed by atoms with Crippen molar-refractivity contribution in [3.63, 3.8) is 0 Å². The summed E-state index contributed by atoms with van der Waals surface area (Å²) in [6, 6.07) is 0. The van der Waals surface area contributed by atoms with Crippen molar-refractivity contribution in [3.8, 4) is 0 Å². The molecule has 0 radical (unpaired) electrons. The molecule has 8 heteroatoms. The maximum Gasteiger partial charge on any atom is 0.471 e. The molecule has 1 fully saturated rings. The third-order valence-corrected chi connectivity index (χ3v) is 4.27. The summed E-state index contributed by atoms with van der Waals surface area (Å²) >= 11 is 2.25. The number of halogens is 1. The number of likely N-dealkylation sites (N-methyl/N-ethyl adjacent to an activating group) is 2. The van der Waals surface area contributed by atoms with E-state index < -0.39 is 19.3 Å². The summed E-state index contributed by atoms with van der Waals surface area (Å²) in [4.78, 5) is 27.2. The third-order valence-electron chi connectivity index (χ3n) is 3.06. The lowest BCUT2D eigenvalue weighted by molar-refractivity contribution is -0.146. The van der Waals surface area contributed by atoms with E-state index in [-0.39, 0.29) is 15.6 Å². The molecule has 3 unspecified atom stereocenters. The highest BCUT2D eigenvalue weighted by atomic mass is 127. The fraction of sp³-hybridized carbons (Fsp3) is 0.833. The molecule has 0 N–H and O–H groups in total. The van der Waals surface area contributed by atoms with E-state index in [9.17, 15) is 9.59 Å². The van der Waals surface area contributed by atoms with E-state index in [4.69, 9.17) is 9.31 Å². The Labute approximate surface area is 134 Å². The monoisotopic (exact) mass is 396 g/mol. The summed E-state index contributed by atoms with van der Waals surface area (Å²) in [6.45, 7) is 2.07. The van der Waals surface area contributed by atoms with Crippen LogP contribution in [0, 0.1) is 0 Å². The summed E-state index contributed by atoms with van der Waals surface area (Å²) in [5.74, 6) is -0.486. The lowest BCUT2D eigenvalue weighted by Crippen LogP contribution is -2.47. The van der Waals surface area contributed by atoms with Crippen LogP contribution in [0.1, 0.15) is 19.8 Å². The van der Waals surface area contributed by atoms with Crippen LogP contribution >= 0.6 is 22.6 Å². The average Bonchev–Trinajstić information content (AvgIpc) is 2.81. The minimum atomic E-state index is -0.862. The molecule has 0 spiro atoms. The molecule has 1 saturated heterocycles. The topological polar surface area (TPSA) is 59.1 Å². The highest BCUT2D eigenvalue weighted by Gasteiger charge is 2.50. The van der Waals surface area contributed by atoms with Crippen molar-refractivity contribution in [2.75, 3.05) is 28.2 Å². The van der Waals surface area contributed by atoms with Gasteiger partial charge in [0.2, 0.25) is 0 Å². The van der Waals surface area contributed by atoms with Crippen molar-refractivity contribution in [3.05, 3.63) is 0 Å². The number of amides is 2. The SMILES string of the molecule is CCCC(I)B1OC(C(=O)N(C)C)C(C(=O)N(C)C)O1. The summed E-state index contributed by atoms with van der Waals surface area (Å²) in [6.07, 6.45) is 0.185. The molecule has 2 amide bonds. The van der Waals surface area contributed by atoms with Gasteiger partial charge in [-0.05, 0) is 6.42 Å². The minimum Gasteiger partial charge on any atom is -0.396 e. The fourth-order valence-electron chi connectivity index (χ4n) is 1.93. The Kier molecular flexibility index (Phi) is 6.73. The van der Waals surface area contributed by atoms with E-state index in [2.05, 4.69) is 29.5 Å². The van der Waals surface area contributed by atoms with Crippen LogP contribution in [0.5, 0.6) is 0 Å². The van der Waals surface area contributed by atoms with Gasteiger partial charge in [0, 0.05) is 32.0 Å². The first-order valence-corrected chi connectivity index (χ1v) is 7.91. The largest absolute Gasteiger partial charge is 0.471 e. The molecule has 1 aliphatic heterocycles. The zero-order chi connectivity index (χ0) is 15.4. The number of alkyl halides is 1. The van der Waals surface area contributed by atoms with E-state index >= 15 is 0 Å². The number of carbonyl (C=O) groups excluding carboxylic acids is 2. The zero-order valence-corrected chi connectivity index (χ0v) is 14.8. The van der Waals surface area contributed by atoms with Crippen LogP contribution in [0.15, 0.2) is 0 Å². The number of carbonyl (C=O) groups is 2. The highest BCUT2D eigenvalue weighted by Crippen LogP contribution is 2.26. The molecule has 6 nitrogen and oxygen atoms in total. The molecule has 1 rings (SSSR count). The number of hydrogen-bond donors (Lipinski definition) is 0. The number of hydrogen-bond acceptors (Lipinski definition) is 4. The van der Waals surface area contributed by atoms with Crippen molar-refractivity contribution < 1.29 is 18.9 Å². The Morgan fingerprint density at radius 2 is 1.50 bits per heavy atom. The lowest BCUT2D eigenvalue weighted by Gasteiger charge is -2.22. The highest BCUT2D eigenvalue weighted by molar-refractivity contribution is 14.1. The van der Waals surface area contributed by atoms with Crippen molar-refractivity contribution in [1.29, 1.82) is 0 Å². The van der Waals surface area contributed by atoms with Gasteiger partial charge in [-0.15, -0.1) is 0 Å². The first kappa shape index (κ1) is 17.7. The van der Waals surface area contributed by atoms with E-state index in [0.717, 1.165) is 12.8 Å².